The molecule has 1 aromatic rings. The minimum absolute atomic E-state index is 0.156. The van der Waals surface area contributed by atoms with Crippen LogP contribution in [0.15, 0.2) is 24.3 Å². The predicted molar refractivity (Wildman–Crippen MR) is 105 cm³/mol. The van der Waals surface area contributed by atoms with Crippen molar-refractivity contribution in [2.75, 3.05) is 19.7 Å². The number of likely N-dealkylation sites (tertiary alicyclic amines) is 1. The molecular weight excluding hydrogens is 322 g/mol. The summed E-state index contributed by atoms with van der Waals surface area (Å²) in [5, 5.41) is 10.7. The minimum atomic E-state index is -0.393. The summed E-state index contributed by atoms with van der Waals surface area (Å²) in [7, 11) is 0. The van der Waals surface area contributed by atoms with Gasteiger partial charge in [0.1, 0.15) is 0 Å². The number of fused-ring (bicyclic) bond motifs is 3. The van der Waals surface area contributed by atoms with Gasteiger partial charge >= 0.3 is 0 Å². The van der Waals surface area contributed by atoms with Crippen LogP contribution in [0.5, 0.6) is 0 Å². The van der Waals surface area contributed by atoms with Crippen LogP contribution in [0.25, 0.3) is 0 Å². The van der Waals surface area contributed by atoms with Crippen molar-refractivity contribution in [1.29, 1.82) is 0 Å². The second kappa shape index (κ2) is 6.92. The Kier molecular flexibility index (Phi) is 4.92. The zero-order chi connectivity index (χ0) is 18.4. The molecule has 26 heavy (non-hydrogen) atoms. The molecule has 1 aromatic carbocycles. The lowest BCUT2D eigenvalue weighted by molar-refractivity contribution is -0.0301. The molecule has 3 aliphatic rings. The Morgan fingerprint density at radius 1 is 1.23 bits per heavy atom. The van der Waals surface area contributed by atoms with Crippen molar-refractivity contribution >= 4 is 0 Å². The SMILES string of the molecule is CC1(C)C[C@H]2C[C@@](C)(CN2C[C@H](O)CO[C@@H]2CCCc3ccccc32)C1. The van der Waals surface area contributed by atoms with Crippen molar-refractivity contribution in [3.8, 4) is 0 Å². The van der Waals surface area contributed by atoms with Crippen LogP contribution in [-0.4, -0.2) is 41.8 Å². The van der Waals surface area contributed by atoms with Crippen LogP contribution >= 0.6 is 0 Å². The monoisotopic (exact) mass is 357 g/mol. The Hall–Kier alpha value is -0.900. The second-order valence-corrected chi connectivity index (χ2v) is 10.2. The molecule has 0 aromatic heterocycles. The molecule has 1 heterocycles. The van der Waals surface area contributed by atoms with Gasteiger partial charge in [-0.1, -0.05) is 45.0 Å². The number of nitrogens with zero attached hydrogens (tertiary/aromatic N) is 1. The van der Waals surface area contributed by atoms with Gasteiger partial charge in [-0.2, -0.15) is 0 Å². The Balaban J connectivity index is 1.32. The quantitative estimate of drug-likeness (QED) is 0.851. The van der Waals surface area contributed by atoms with Crippen molar-refractivity contribution in [1.82, 2.24) is 4.90 Å². The number of β-amino-alcohol motifs (C(OH)–C–C–N with tert-alkyl or cyclic N) is 1. The molecule has 0 spiro atoms. The fraction of sp³-hybridized carbons (Fsp3) is 0.739. The van der Waals surface area contributed by atoms with Gasteiger partial charge in [0.15, 0.2) is 0 Å². The smallest absolute Gasteiger partial charge is 0.0900 e. The van der Waals surface area contributed by atoms with Crippen molar-refractivity contribution < 1.29 is 9.84 Å². The van der Waals surface area contributed by atoms with E-state index in [1.54, 1.807) is 0 Å². The average molecular weight is 358 g/mol. The molecule has 2 bridgehead atoms. The van der Waals surface area contributed by atoms with Gasteiger partial charge in [-0.3, -0.25) is 4.90 Å². The minimum Gasteiger partial charge on any atom is -0.389 e. The average Bonchev–Trinajstić information content (AvgIpc) is 2.81. The largest absolute Gasteiger partial charge is 0.389 e. The molecule has 3 heteroatoms. The van der Waals surface area contributed by atoms with Crippen LogP contribution in [-0.2, 0) is 11.2 Å². The Bertz CT molecular complexity index is 643. The first-order chi connectivity index (χ1) is 12.3. The highest BCUT2D eigenvalue weighted by Crippen LogP contribution is 2.52. The Morgan fingerprint density at radius 3 is 2.88 bits per heavy atom. The zero-order valence-electron chi connectivity index (χ0n) is 16.7. The highest BCUT2D eigenvalue weighted by molar-refractivity contribution is 5.31. The molecule has 1 saturated carbocycles. The van der Waals surface area contributed by atoms with E-state index < -0.39 is 6.10 Å². The first-order valence-electron chi connectivity index (χ1n) is 10.5. The van der Waals surface area contributed by atoms with Gasteiger partial charge < -0.3 is 9.84 Å². The summed E-state index contributed by atoms with van der Waals surface area (Å²) in [6, 6.07) is 9.26. The molecule has 144 valence electrons. The van der Waals surface area contributed by atoms with Gasteiger partial charge in [0.25, 0.3) is 0 Å². The maximum Gasteiger partial charge on any atom is 0.0900 e. The zero-order valence-corrected chi connectivity index (χ0v) is 16.7. The fourth-order valence-corrected chi connectivity index (χ4v) is 6.22. The third kappa shape index (κ3) is 3.85. The molecule has 4 atom stereocenters. The van der Waals surface area contributed by atoms with Crippen molar-refractivity contribution in [2.45, 2.75) is 77.5 Å². The lowest BCUT2D eigenvalue weighted by atomic mass is 9.65. The molecule has 0 radical (unpaired) electrons. The first-order valence-corrected chi connectivity index (χ1v) is 10.5. The van der Waals surface area contributed by atoms with E-state index in [0.29, 0.717) is 23.5 Å². The van der Waals surface area contributed by atoms with Crippen LogP contribution in [0, 0.1) is 10.8 Å². The molecule has 0 unspecified atom stereocenters. The van der Waals surface area contributed by atoms with Gasteiger partial charge in [-0.25, -0.2) is 0 Å². The molecular formula is C23H35NO2. The highest BCUT2D eigenvalue weighted by Gasteiger charge is 2.49. The number of hydrogen-bond donors (Lipinski definition) is 1. The summed E-state index contributed by atoms with van der Waals surface area (Å²) in [5.41, 5.74) is 3.61. The van der Waals surface area contributed by atoms with E-state index in [2.05, 4.69) is 49.9 Å². The number of ether oxygens (including phenoxy) is 1. The molecule has 1 saturated heterocycles. The lowest BCUT2D eigenvalue weighted by Gasteiger charge is -2.40. The van der Waals surface area contributed by atoms with Crippen LogP contribution in [0.1, 0.15) is 70.1 Å². The van der Waals surface area contributed by atoms with Gasteiger partial charge in [0, 0.05) is 19.1 Å². The third-order valence-corrected chi connectivity index (χ3v) is 6.77. The van der Waals surface area contributed by atoms with E-state index in [-0.39, 0.29) is 6.10 Å². The Morgan fingerprint density at radius 2 is 2.04 bits per heavy atom. The molecule has 0 amide bonds. The van der Waals surface area contributed by atoms with E-state index in [9.17, 15) is 5.11 Å². The maximum absolute atomic E-state index is 10.7. The summed E-state index contributed by atoms with van der Waals surface area (Å²) in [6.45, 7) is 9.57. The van der Waals surface area contributed by atoms with Crippen molar-refractivity contribution in [3.05, 3.63) is 35.4 Å². The van der Waals surface area contributed by atoms with Gasteiger partial charge in [-0.15, -0.1) is 0 Å². The molecule has 1 N–H and O–H groups in total. The van der Waals surface area contributed by atoms with Crippen LogP contribution in [0.2, 0.25) is 0 Å². The number of aliphatic hydroxyl groups excluding tert-OH is 1. The lowest BCUT2D eigenvalue weighted by Crippen LogP contribution is -2.39. The van der Waals surface area contributed by atoms with Crippen molar-refractivity contribution in [2.24, 2.45) is 10.8 Å². The third-order valence-electron chi connectivity index (χ3n) is 6.77. The summed E-state index contributed by atoms with van der Waals surface area (Å²) in [4.78, 5) is 2.54. The normalized spacial score (nSPS) is 34.5. The number of rotatable bonds is 5. The fourth-order valence-electron chi connectivity index (χ4n) is 6.22. The van der Waals surface area contributed by atoms with E-state index in [0.717, 1.165) is 25.9 Å². The summed E-state index contributed by atoms with van der Waals surface area (Å²) in [5.74, 6) is 0. The van der Waals surface area contributed by atoms with E-state index in [1.807, 2.05) is 0 Å². The summed E-state index contributed by atoms with van der Waals surface area (Å²) in [6.07, 6.45) is 7.02. The van der Waals surface area contributed by atoms with Gasteiger partial charge in [-0.05, 0) is 60.5 Å². The topological polar surface area (TPSA) is 32.7 Å². The molecule has 1 aliphatic heterocycles. The van der Waals surface area contributed by atoms with Gasteiger partial charge in [0.2, 0.25) is 0 Å². The summed E-state index contributed by atoms with van der Waals surface area (Å²) >= 11 is 0. The summed E-state index contributed by atoms with van der Waals surface area (Å²) < 4.78 is 6.18. The first kappa shape index (κ1) is 18.5. The molecule has 4 rings (SSSR count). The van der Waals surface area contributed by atoms with Crippen LogP contribution in [0.4, 0.5) is 0 Å². The predicted octanol–water partition coefficient (Wildman–Crippen LogP) is 4.34. The Labute approximate surface area is 158 Å². The van der Waals surface area contributed by atoms with Crippen LogP contribution < -0.4 is 0 Å². The van der Waals surface area contributed by atoms with Crippen LogP contribution in [0.3, 0.4) is 0 Å². The number of benzene rings is 1. The second-order valence-electron chi connectivity index (χ2n) is 10.2. The number of aliphatic hydroxyl groups is 1. The molecule has 2 aliphatic carbocycles. The number of hydrogen-bond acceptors (Lipinski definition) is 3. The van der Waals surface area contributed by atoms with E-state index in [4.69, 9.17) is 4.74 Å². The standard InChI is InChI=1S/C23H35NO2/c1-22(2)11-18-12-23(3,15-22)16-24(18)13-19(25)14-26-21-10-6-8-17-7-4-5-9-20(17)21/h4-5,7,9,18-19,21,25H,6,8,10-16H2,1-3H3/t18-,19-,21+,23+/m0/s1. The highest BCUT2D eigenvalue weighted by atomic mass is 16.5. The molecule has 2 fully saturated rings. The van der Waals surface area contributed by atoms with Gasteiger partial charge in [0.05, 0.1) is 18.8 Å². The van der Waals surface area contributed by atoms with E-state index >= 15 is 0 Å². The number of aryl methyl sites for hydroxylation is 1. The van der Waals surface area contributed by atoms with E-state index in [1.165, 1.54) is 36.8 Å². The van der Waals surface area contributed by atoms with Crippen molar-refractivity contribution in [3.63, 3.8) is 0 Å². The molecule has 3 nitrogen and oxygen atoms in total. The maximum atomic E-state index is 10.7.